The fourth-order valence-electron chi connectivity index (χ4n) is 2.53. The van der Waals surface area contributed by atoms with Crippen LogP contribution in [0.3, 0.4) is 0 Å². The highest BCUT2D eigenvalue weighted by Gasteiger charge is 2.21. The summed E-state index contributed by atoms with van der Waals surface area (Å²) in [6.45, 7) is 1.62. The Morgan fingerprint density at radius 1 is 1.07 bits per heavy atom. The van der Waals surface area contributed by atoms with Crippen molar-refractivity contribution in [1.29, 1.82) is 0 Å². The van der Waals surface area contributed by atoms with Crippen LogP contribution in [0.5, 0.6) is 0 Å². The standard InChI is InChI=1S/C20H21ClN2O5/c1-3-28-18(24)12-23(19(25)13-4-7-16(21)8-5-13)11-15-10-14(20(26)27-2)6-9-17(15)22/h4-10H,3,11-12,22H2,1-2H3. The molecular weight excluding hydrogens is 384 g/mol. The lowest BCUT2D eigenvalue weighted by atomic mass is 10.1. The molecule has 0 saturated carbocycles. The summed E-state index contributed by atoms with van der Waals surface area (Å²) >= 11 is 5.87. The molecular formula is C20H21ClN2O5. The lowest BCUT2D eigenvalue weighted by molar-refractivity contribution is -0.143. The fourth-order valence-corrected chi connectivity index (χ4v) is 2.66. The van der Waals surface area contributed by atoms with Crippen LogP contribution in [0.1, 0.15) is 33.2 Å². The smallest absolute Gasteiger partial charge is 0.337 e. The first-order valence-corrected chi connectivity index (χ1v) is 8.90. The van der Waals surface area contributed by atoms with Gasteiger partial charge in [0.15, 0.2) is 0 Å². The first-order valence-electron chi connectivity index (χ1n) is 8.52. The van der Waals surface area contributed by atoms with Gasteiger partial charge in [0.05, 0.1) is 19.3 Å². The number of rotatable bonds is 7. The maximum absolute atomic E-state index is 12.9. The van der Waals surface area contributed by atoms with Gasteiger partial charge in [0.2, 0.25) is 0 Å². The van der Waals surface area contributed by atoms with Crippen LogP contribution in [-0.2, 0) is 20.8 Å². The molecule has 0 fully saturated rings. The van der Waals surface area contributed by atoms with Gasteiger partial charge >= 0.3 is 11.9 Å². The molecule has 0 radical (unpaired) electrons. The predicted molar refractivity (Wildman–Crippen MR) is 105 cm³/mol. The maximum atomic E-state index is 12.9. The van der Waals surface area contributed by atoms with E-state index < -0.39 is 17.8 Å². The predicted octanol–water partition coefficient (Wildman–Crippen LogP) is 2.91. The molecule has 0 atom stereocenters. The second-order valence-electron chi connectivity index (χ2n) is 5.88. The van der Waals surface area contributed by atoms with Gasteiger partial charge in [-0.25, -0.2) is 4.79 Å². The SMILES string of the molecule is CCOC(=O)CN(Cc1cc(C(=O)OC)ccc1N)C(=O)c1ccc(Cl)cc1. The molecule has 0 aliphatic heterocycles. The number of hydrogen-bond donors (Lipinski definition) is 1. The molecule has 0 aromatic heterocycles. The Morgan fingerprint density at radius 2 is 1.71 bits per heavy atom. The number of hydrogen-bond acceptors (Lipinski definition) is 6. The Morgan fingerprint density at radius 3 is 2.32 bits per heavy atom. The van der Waals surface area contributed by atoms with Crippen molar-refractivity contribution in [2.45, 2.75) is 13.5 Å². The van der Waals surface area contributed by atoms with Crippen LogP contribution < -0.4 is 5.73 Å². The summed E-state index contributed by atoms with van der Waals surface area (Å²) in [4.78, 5) is 38.0. The van der Waals surface area contributed by atoms with Crippen LogP contribution >= 0.6 is 11.6 Å². The van der Waals surface area contributed by atoms with E-state index in [1.807, 2.05) is 0 Å². The van der Waals surface area contributed by atoms with Crippen molar-refractivity contribution in [2.75, 3.05) is 26.0 Å². The molecule has 0 unspecified atom stereocenters. The molecule has 0 saturated heterocycles. The summed E-state index contributed by atoms with van der Waals surface area (Å²) in [5.41, 5.74) is 7.54. The third-order valence-electron chi connectivity index (χ3n) is 3.93. The Kier molecular flexibility index (Phi) is 7.40. The van der Waals surface area contributed by atoms with Crippen LogP contribution in [0.2, 0.25) is 5.02 Å². The zero-order valence-electron chi connectivity index (χ0n) is 15.6. The number of esters is 2. The van der Waals surface area contributed by atoms with Gasteiger partial charge in [-0.2, -0.15) is 0 Å². The molecule has 0 aliphatic rings. The van der Waals surface area contributed by atoms with Crippen LogP contribution in [0.15, 0.2) is 42.5 Å². The molecule has 2 N–H and O–H groups in total. The average Bonchev–Trinajstić information content (AvgIpc) is 2.68. The first-order chi connectivity index (χ1) is 13.3. The molecule has 2 aromatic carbocycles. The molecule has 0 heterocycles. The molecule has 28 heavy (non-hydrogen) atoms. The number of nitrogens with zero attached hydrogens (tertiary/aromatic N) is 1. The summed E-state index contributed by atoms with van der Waals surface area (Å²) in [5, 5.41) is 0.489. The van der Waals surface area contributed by atoms with E-state index in [2.05, 4.69) is 0 Å². The minimum Gasteiger partial charge on any atom is -0.465 e. The largest absolute Gasteiger partial charge is 0.465 e. The first kappa shape index (κ1) is 21.2. The van der Waals surface area contributed by atoms with Crippen LogP contribution in [-0.4, -0.2) is 43.0 Å². The van der Waals surface area contributed by atoms with E-state index in [0.717, 1.165) is 0 Å². The molecule has 2 aromatic rings. The summed E-state index contributed by atoms with van der Waals surface area (Å²) < 4.78 is 9.68. The van der Waals surface area contributed by atoms with Gasteiger partial charge in [-0.05, 0) is 55.0 Å². The Labute approximate surface area is 168 Å². The number of carbonyl (C=O) groups excluding carboxylic acids is 3. The molecule has 0 bridgehead atoms. The van der Waals surface area contributed by atoms with E-state index in [0.29, 0.717) is 27.4 Å². The normalized spacial score (nSPS) is 10.2. The van der Waals surface area contributed by atoms with Gasteiger partial charge in [-0.1, -0.05) is 11.6 Å². The maximum Gasteiger partial charge on any atom is 0.337 e. The lowest BCUT2D eigenvalue weighted by Crippen LogP contribution is -2.36. The number of nitrogen functional groups attached to an aromatic ring is 1. The Bertz CT molecular complexity index is 867. The molecule has 0 aliphatic carbocycles. The Balaban J connectivity index is 2.34. The van der Waals surface area contributed by atoms with E-state index >= 15 is 0 Å². The molecule has 1 amide bonds. The summed E-state index contributed by atoms with van der Waals surface area (Å²) in [6, 6.07) is 10.9. The number of methoxy groups -OCH3 is 1. The van der Waals surface area contributed by atoms with Crippen molar-refractivity contribution in [2.24, 2.45) is 0 Å². The third-order valence-corrected chi connectivity index (χ3v) is 4.18. The highest BCUT2D eigenvalue weighted by Crippen LogP contribution is 2.19. The van der Waals surface area contributed by atoms with Crippen molar-refractivity contribution in [1.82, 2.24) is 4.90 Å². The van der Waals surface area contributed by atoms with Gasteiger partial charge in [0.25, 0.3) is 5.91 Å². The second kappa shape index (κ2) is 9.75. The van der Waals surface area contributed by atoms with Crippen LogP contribution in [0, 0.1) is 0 Å². The summed E-state index contributed by atoms with van der Waals surface area (Å²) in [5.74, 6) is -1.47. The molecule has 148 valence electrons. The van der Waals surface area contributed by atoms with E-state index in [1.165, 1.54) is 24.1 Å². The van der Waals surface area contributed by atoms with Crippen LogP contribution in [0.25, 0.3) is 0 Å². The van der Waals surface area contributed by atoms with Crippen molar-refractivity contribution in [3.63, 3.8) is 0 Å². The van der Waals surface area contributed by atoms with Gasteiger partial charge in [0, 0.05) is 22.8 Å². The lowest BCUT2D eigenvalue weighted by Gasteiger charge is -2.23. The van der Waals surface area contributed by atoms with Gasteiger partial charge in [0.1, 0.15) is 6.54 Å². The van der Waals surface area contributed by atoms with E-state index in [1.54, 1.807) is 37.3 Å². The summed E-state index contributed by atoms with van der Waals surface area (Å²) in [6.07, 6.45) is 0. The number of anilines is 1. The fraction of sp³-hybridized carbons (Fsp3) is 0.250. The van der Waals surface area contributed by atoms with E-state index in [-0.39, 0.29) is 19.7 Å². The minimum absolute atomic E-state index is 0.0109. The number of amides is 1. The average molecular weight is 405 g/mol. The van der Waals surface area contributed by atoms with Crippen LogP contribution in [0.4, 0.5) is 5.69 Å². The van der Waals surface area contributed by atoms with Gasteiger partial charge < -0.3 is 20.1 Å². The van der Waals surface area contributed by atoms with Crippen molar-refractivity contribution < 1.29 is 23.9 Å². The second-order valence-corrected chi connectivity index (χ2v) is 6.31. The monoisotopic (exact) mass is 404 g/mol. The molecule has 8 heteroatoms. The van der Waals surface area contributed by atoms with E-state index in [9.17, 15) is 14.4 Å². The zero-order valence-corrected chi connectivity index (χ0v) is 16.4. The van der Waals surface area contributed by atoms with Crippen molar-refractivity contribution in [3.05, 3.63) is 64.2 Å². The van der Waals surface area contributed by atoms with Gasteiger partial charge in [-0.15, -0.1) is 0 Å². The van der Waals surface area contributed by atoms with Crippen molar-refractivity contribution >= 4 is 35.1 Å². The quantitative estimate of drug-likeness (QED) is 0.562. The van der Waals surface area contributed by atoms with E-state index in [4.69, 9.17) is 26.8 Å². The van der Waals surface area contributed by atoms with Gasteiger partial charge in [-0.3, -0.25) is 9.59 Å². The minimum atomic E-state index is -0.549. The number of halogens is 1. The number of nitrogens with two attached hydrogens (primary N) is 1. The third kappa shape index (κ3) is 5.47. The molecule has 2 rings (SSSR count). The van der Waals surface area contributed by atoms with Crippen molar-refractivity contribution in [3.8, 4) is 0 Å². The molecule has 7 nitrogen and oxygen atoms in total. The number of ether oxygens (including phenoxy) is 2. The zero-order chi connectivity index (χ0) is 20.7. The summed E-state index contributed by atoms with van der Waals surface area (Å²) in [7, 11) is 1.27. The number of carbonyl (C=O) groups is 3. The highest BCUT2D eigenvalue weighted by atomic mass is 35.5. The Hall–Kier alpha value is -3.06. The number of benzene rings is 2. The topological polar surface area (TPSA) is 98.9 Å². The molecule has 0 spiro atoms. The highest BCUT2D eigenvalue weighted by molar-refractivity contribution is 6.30.